The van der Waals surface area contributed by atoms with E-state index < -0.39 is 5.92 Å². The Morgan fingerprint density at radius 3 is 1.97 bits per heavy atom. The first kappa shape index (κ1) is 25.8. The maximum atomic E-state index is 14.0. The Bertz CT molecular complexity index is 1260. The SMILES string of the molecule is CCOc1ccc(Cl)cc1C1C2=C(CC(C)(C)CC2=O)N(Cc2ccccc2)C2=C1C(=O)CC(C)(C)C2. The first-order chi connectivity index (χ1) is 17.5. The van der Waals surface area contributed by atoms with Gasteiger partial charge in [-0.3, -0.25) is 9.59 Å². The molecule has 0 bridgehead atoms. The Kier molecular flexibility index (Phi) is 6.60. The first-order valence-corrected chi connectivity index (χ1v) is 13.6. The van der Waals surface area contributed by atoms with Crippen molar-refractivity contribution in [1.82, 2.24) is 4.90 Å². The van der Waals surface area contributed by atoms with Crippen molar-refractivity contribution in [1.29, 1.82) is 0 Å². The number of benzene rings is 2. The molecule has 0 atom stereocenters. The second-order valence-electron chi connectivity index (χ2n) is 12.2. The van der Waals surface area contributed by atoms with Gasteiger partial charge in [-0.15, -0.1) is 0 Å². The largest absolute Gasteiger partial charge is 0.494 e. The van der Waals surface area contributed by atoms with E-state index in [0.717, 1.165) is 46.5 Å². The number of rotatable bonds is 5. The van der Waals surface area contributed by atoms with E-state index in [1.165, 1.54) is 0 Å². The molecule has 0 fully saturated rings. The van der Waals surface area contributed by atoms with Crippen molar-refractivity contribution < 1.29 is 14.3 Å². The first-order valence-electron chi connectivity index (χ1n) is 13.3. The number of nitrogens with zero attached hydrogens (tertiary/aromatic N) is 1. The summed E-state index contributed by atoms with van der Waals surface area (Å²) in [6, 6.07) is 15.9. The Balaban J connectivity index is 1.80. The summed E-state index contributed by atoms with van der Waals surface area (Å²) in [6.45, 7) is 11.7. The van der Waals surface area contributed by atoms with Crippen LogP contribution in [0.4, 0.5) is 0 Å². The highest BCUT2D eigenvalue weighted by Gasteiger charge is 2.49. The van der Waals surface area contributed by atoms with Crippen molar-refractivity contribution in [3.8, 4) is 5.75 Å². The summed E-state index contributed by atoms with van der Waals surface area (Å²) in [4.78, 5) is 30.3. The van der Waals surface area contributed by atoms with Crippen LogP contribution in [0.5, 0.6) is 5.75 Å². The molecule has 3 aliphatic rings. The fraction of sp³-hybridized carbons (Fsp3) is 0.438. The topological polar surface area (TPSA) is 46.6 Å². The summed E-state index contributed by atoms with van der Waals surface area (Å²) < 4.78 is 6.04. The number of ketones is 2. The van der Waals surface area contributed by atoms with E-state index in [-0.39, 0.29) is 22.4 Å². The van der Waals surface area contributed by atoms with Crippen LogP contribution in [0.15, 0.2) is 71.1 Å². The summed E-state index contributed by atoms with van der Waals surface area (Å²) in [5.41, 5.74) is 5.20. The highest BCUT2D eigenvalue weighted by molar-refractivity contribution is 6.30. The molecule has 0 N–H and O–H groups in total. The molecule has 5 rings (SSSR count). The third-order valence-electron chi connectivity index (χ3n) is 7.79. The molecule has 1 aliphatic heterocycles. The number of allylic oxidation sites excluding steroid dienone is 4. The molecule has 2 aromatic rings. The third kappa shape index (κ3) is 4.88. The third-order valence-corrected chi connectivity index (χ3v) is 8.02. The van der Waals surface area contributed by atoms with E-state index >= 15 is 0 Å². The van der Waals surface area contributed by atoms with E-state index in [4.69, 9.17) is 16.3 Å². The second-order valence-corrected chi connectivity index (χ2v) is 12.7. The van der Waals surface area contributed by atoms with Crippen molar-refractivity contribution in [3.63, 3.8) is 0 Å². The van der Waals surface area contributed by atoms with Crippen molar-refractivity contribution in [3.05, 3.63) is 87.2 Å². The summed E-state index contributed by atoms with van der Waals surface area (Å²) in [6.07, 6.45) is 2.45. The minimum atomic E-state index is -0.468. The van der Waals surface area contributed by atoms with E-state index in [1.807, 2.05) is 43.3 Å². The molecule has 2 aliphatic carbocycles. The average molecular weight is 518 g/mol. The van der Waals surface area contributed by atoms with Gasteiger partial charge in [0.25, 0.3) is 0 Å². The highest BCUT2D eigenvalue weighted by Crippen LogP contribution is 2.56. The number of hydrogen-bond donors (Lipinski definition) is 0. The van der Waals surface area contributed by atoms with Crippen molar-refractivity contribution in [2.75, 3.05) is 6.61 Å². The van der Waals surface area contributed by atoms with E-state index in [1.54, 1.807) is 0 Å². The number of carbonyl (C=O) groups is 2. The molecule has 0 unspecified atom stereocenters. The zero-order valence-corrected chi connectivity index (χ0v) is 23.2. The molecular weight excluding hydrogens is 482 g/mol. The van der Waals surface area contributed by atoms with Gasteiger partial charge in [-0.1, -0.05) is 69.6 Å². The number of hydrogen-bond acceptors (Lipinski definition) is 4. The minimum absolute atomic E-state index is 0.112. The molecule has 0 radical (unpaired) electrons. The lowest BCUT2D eigenvalue weighted by Crippen LogP contribution is -2.44. The maximum Gasteiger partial charge on any atom is 0.162 e. The van der Waals surface area contributed by atoms with Gasteiger partial charge in [0.2, 0.25) is 0 Å². The second kappa shape index (κ2) is 9.47. The molecule has 5 heteroatoms. The predicted molar refractivity (Wildman–Crippen MR) is 147 cm³/mol. The molecule has 194 valence electrons. The Hall–Kier alpha value is -2.85. The molecular formula is C32H36ClNO3. The molecule has 0 saturated carbocycles. The van der Waals surface area contributed by atoms with Gasteiger partial charge >= 0.3 is 0 Å². The molecule has 4 nitrogen and oxygen atoms in total. The smallest absolute Gasteiger partial charge is 0.162 e. The van der Waals surface area contributed by atoms with Crippen LogP contribution in [0.1, 0.15) is 77.3 Å². The van der Waals surface area contributed by atoms with Gasteiger partial charge in [0.05, 0.1) is 6.61 Å². The standard InChI is InChI=1S/C32H36ClNO3/c1-6-37-27-13-12-21(33)14-22(27)28-29-23(15-31(2,3)17-25(29)35)34(19-20-10-8-7-9-11-20)24-16-32(4,5)18-26(36)30(24)28/h7-14,28H,6,15-19H2,1-5H3. The van der Waals surface area contributed by atoms with Gasteiger partial charge < -0.3 is 9.64 Å². The molecule has 0 spiro atoms. The summed E-state index contributed by atoms with van der Waals surface area (Å²) in [7, 11) is 0. The fourth-order valence-corrected chi connectivity index (χ4v) is 6.53. The lowest BCUT2D eigenvalue weighted by molar-refractivity contribution is -0.119. The monoisotopic (exact) mass is 517 g/mol. The van der Waals surface area contributed by atoms with Crippen molar-refractivity contribution in [2.24, 2.45) is 10.8 Å². The number of ether oxygens (including phenoxy) is 1. The van der Waals surface area contributed by atoms with Crippen LogP contribution in [-0.4, -0.2) is 23.1 Å². The summed E-state index contributed by atoms with van der Waals surface area (Å²) in [5, 5.41) is 0.571. The number of Topliss-reactive ketones (excluding diaryl/α,β-unsaturated/α-hetero) is 2. The molecule has 1 heterocycles. The van der Waals surface area contributed by atoms with Gasteiger partial charge in [-0.2, -0.15) is 0 Å². The number of carbonyl (C=O) groups excluding carboxylic acids is 2. The molecule has 0 aromatic heterocycles. The summed E-state index contributed by atoms with van der Waals surface area (Å²) >= 11 is 6.52. The van der Waals surface area contributed by atoms with Crippen molar-refractivity contribution in [2.45, 2.75) is 72.8 Å². The molecule has 0 amide bonds. The van der Waals surface area contributed by atoms with Gasteiger partial charge in [0.15, 0.2) is 11.6 Å². The Labute approximate surface area is 225 Å². The maximum absolute atomic E-state index is 14.0. The van der Waals surface area contributed by atoms with E-state index in [2.05, 4.69) is 44.7 Å². The van der Waals surface area contributed by atoms with Gasteiger partial charge in [-0.25, -0.2) is 0 Å². The van der Waals surface area contributed by atoms with Gasteiger partial charge in [0.1, 0.15) is 5.75 Å². The average Bonchev–Trinajstić information content (AvgIpc) is 2.80. The summed E-state index contributed by atoms with van der Waals surface area (Å²) in [5.74, 6) is 0.439. The normalized spacial score (nSPS) is 21.2. The van der Waals surface area contributed by atoms with Gasteiger partial charge in [0, 0.05) is 58.4 Å². The molecule has 0 saturated heterocycles. The fourth-order valence-electron chi connectivity index (χ4n) is 6.35. The van der Waals surface area contributed by atoms with Crippen LogP contribution in [0.2, 0.25) is 5.02 Å². The lowest BCUT2D eigenvalue weighted by atomic mass is 9.63. The minimum Gasteiger partial charge on any atom is -0.494 e. The number of halogens is 1. The van der Waals surface area contributed by atoms with Crippen LogP contribution in [-0.2, 0) is 16.1 Å². The van der Waals surface area contributed by atoms with Crippen molar-refractivity contribution >= 4 is 23.2 Å². The lowest BCUT2D eigenvalue weighted by Gasteiger charge is -2.49. The van der Waals surface area contributed by atoms with E-state index in [0.29, 0.717) is 36.8 Å². The van der Waals surface area contributed by atoms with E-state index in [9.17, 15) is 9.59 Å². The quantitative estimate of drug-likeness (QED) is 0.409. The van der Waals surface area contributed by atoms with Crippen LogP contribution < -0.4 is 4.74 Å². The van der Waals surface area contributed by atoms with Crippen LogP contribution in [0, 0.1) is 10.8 Å². The Morgan fingerprint density at radius 1 is 0.865 bits per heavy atom. The molecule has 37 heavy (non-hydrogen) atoms. The van der Waals surface area contributed by atoms with Crippen LogP contribution in [0.25, 0.3) is 0 Å². The predicted octanol–water partition coefficient (Wildman–Crippen LogP) is 7.62. The zero-order chi connectivity index (χ0) is 26.5. The van der Waals surface area contributed by atoms with Crippen LogP contribution in [0.3, 0.4) is 0 Å². The Morgan fingerprint density at radius 2 is 1.43 bits per heavy atom. The highest BCUT2D eigenvalue weighted by atomic mass is 35.5. The zero-order valence-electron chi connectivity index (χ0n) is 22.5. The molecule has 2 aromatic carbocycles. The van der Waals surface area contributed by atoms with Crippen LogP contribution >= 0.6 is 11.6 Å². The van der Waals surface area contributed by atoms with Gasteiger partial charge in [-0.05, 0) is 54.4 Å².